The molecule has 3 nitrogen and oxygen atoms in total. The van der Waals surface area contributed by atoms with Crippen LogP contribution in [0.2, 0.25) is 0 Å². The number of nitrogens with zero attached hydrogens (tertiary/aromatic N) is 1. The largest absolute Gasteiger partial charge is 0.508 e. The van der Waals surface area contributed by atoms with Gasteiger partial charge in [-0.25, -0.2) is 0 Å². The van der Waals surface area contributed by atoms with E-state index in [-0.39, 0.29) is 0 Å². The molecule has 0 amide bonds. The molecular formula is C12H16N2O. The molecular weight excluding hydrogens is 188 g/mol. The van der Waals surface area contributed by atoms with Crippen LogP contribution in [0.25, 0.3) is 0 Å². The van der Waals surface area contributed by atoms with Crippen molar-refractivity contribution in [2.75, 3.05) is 13.1 Å². The van der Waals surface area contributed by atoms with Gasteiger partial charge in [0.15, 0.2) is 0 Å². The van der Waals surface area contributed by atoms with Gasteiger partial charge < -0.3 is 10.4 Å². The summed E-state index contributed by atoms with van der Waals surface area (Å²) >= 11 is 0. The highest BCUT2D eigenvalue weighted by molar-refractivity contribution is 5.31. The second-order valence-electron chi connectivity index (χ2n) is 4.62. The maximum absolute atomic E-state index is 9.68. The van der Waals surface area contributed by atoms with Gasteiger partial charge >= 0.3 is 0 Å². The predicted molar refractivity (Wildman–Crippen MR) is 58.7 cm³/mol. The lowest BCUT2D eigenvalue weighted by Crippen LogP contribution is -2.66. The minimum absolute atomic E-state index is 0.421. The van der Waals surface area contributed by atoms with E-state index in [0.717, 1.165) is 25.2 Å². The van der Waals surface area contributed by atoms with Crippen LogP contribution in [0.15, 0.2) is 24.3 Å². The highest BCUT2D eigenvalue weighted by atomic mass is 16.3. The zero-order valence-electron chi connectivity index (χ0n) is 8.69. The molecule has 0 saturated carbocycles. The number of piperazine rings is 1. The fourth-order valence-electron chi connectivity index (χ4n) is 2.62. The zero-order chi connectivity index (χ0) is 10.3. The lowest BCUT2D eigenvalue weighted by molar-refractivity contribution is 0.0720. The highest BCUT2D eigenvalue weighted by Crippen LogP contribution is 2.24. The van der Waals surface area contributed by atoms with Gasteiger partial charge in [0.2, 0.25) is 0 Å². The van der Waals surface area contributed by atoms with Crippen LogP contribution >= 0.6 is 0 Å². The fourth-order valence-corrected chi connectivity index (χ4v) is 2.62. The summed E-state index contributed by atoms with van der Waals surface area (Å²) in [4.78, 5) is 2.42. The molecule has 0 aliphatic carbocycles. The molecule has 3 aliphatic rings. The van der Waals surface area contributed by atoms with Crippen LogP contribution in [0.4, 0.5) is 0 Å². The lowest BCUT2D eigenvalue weighted by Gasteiger charge is -2.48. The molecule has 2 unspecified atom stereocenters. The van der Waals surface area contributed by atoms with Crippen LogP contribution < -0.4 is 5.32 Å². The van der Waals surface area contributed by atoms with Crippen molar-refractivity contribution in [1.29, 1.82) is 0 Å². The quantitative estimate of drug-likeness (QED) is 0.752. The molecule has 1 aromatic rings. The van der Waals surface area contributed by atoms with E-state index in [1.54, 1.807) is 6.07 Å². The van der Waals surface area contributed by atoms with Gasteiger partial charge in [0.05, 0.1) is 0 Å². The zero-order valence-corrected chi connectivity index (χ0v) is 8.69. The SMILES string of the molecule is Oc1ccccc1CN1CC2CC(C1)N2. The first-order chi connectivity index (χ1) is 7.31. The number of nitrogens with one attached hydrogen (secondary N) is 1. The van der Waals surface area contributed by atoms with E-state index in [2.05, 4.69) is 10.2 Å². The monoisotopic (exact) mass is 204 g/mol. The number of aromatic hydroxyl groups is 1. The molecule has 4 rings (SSSR count). The summed E-state index contributed by atoms with van der Waals surface area (Å²) in [6.07, 6.45) is 1.33. The Morgan fingerprint density at radius 2 is 1.93 bits per heavy atom. The summed E-state index contributed by atoms with van der Waals surface area (Å²) in [7, 11) is 0. The van der Waals surface area contributed by atoms with E-state index in [1.165, 1.54) is 6.42 Å². The van der Waals surface area contributed by atoms with Crippen LogP contribution in [0.5, 0.6) is 5.75 Å². The highest BCUT2D eigenvalue weighted by Gasteiger charge is 2.36. The molecule has 3 heterocycles. The number of benzene rings is 1. The number of rotatable bonds is 2. The second-order valence-corrected chi connectivity index (χ2v) is 4.62. The Morgan fingerprint density at radius 3 is 2.60 bits per heavy atom. The molecule has 80 valence electrons. The summed E-state index contributed by atoms with van der Waals surface area (Å²) in [6, 6.07) is 9.00. The average Bonchev–Trinajstić information content (AvgIpc) is 2.21. The predicted octanol–water partition coefficient (Wildman–Crippen LogP) is 0.938. The summed E-state index contributed by atoms with van der Waals surface area (Å²) in [5.74, 6) is 0.421. The molecule has 3 fully saturated rings. The Labute approximate surface area is 89.7 Å². The third kappa shape index (κ3) is 1.73. The number of fused-ring (bicyclic) bond motifs is 2. The Morgan fingerprint density at radius 1 is 1.27 bits per heavy atom. The first kappa shape index (κ1) is 9.19. The van der Waals surface area contributed by atoms with Gasteiger partial charge in [0, 0.05) is 37.3 Å². The topological polar surface area (TPSA) is 35.5 Å². The molecule has 3 saturated heterocycles. The first-order valence-corrected chi connectivity index (χ1v) is 5.56. The molecule has 15 heavy (non-hydrogen) atoms. The minimum atomic E-state index is 0.421. The van der Waals surface area contributed by atoms with Gasteiger partial charge in [-0.1, -0.05) is 18.2 Å². The van der Waals surface area contributed by atoms with Gasteiger partial charge in [0.1, 0.15) is 5.75 Å². The first-order valence-electron chi connectivity index (χ1n) is 5.56. The number of hydrogen-bond donors (Lipinski definition) is 2. The lowest BCUT2D eigenvalue weighted by atomic mass is 9.91. The molecule has 2 atom stereocenters. The number of phenols is 1. The van der Waals surface area contributed by atoms with Crippen LogP contribution in [0, 0.1) is 0 Å². The van der Waals surface area contributed by atoms with Crippen molar-refractivity contribution in [3.8, 4) is 5.75 Å². The van der Waals surface area contributed by atoms with Crippen molar-refractivity contribution < 1.29 is 5.11 Å². The average molecular weight is 204 g/mol. The molecule has 3 heteroatoms. The van der Waals surface area contributed by atoms with E-state index in [1.807, 2.05) is 18.2 Å². The van der Waals surface area contributed by atoms with Gasteiger partial charge in [-0.15, -0.1) is 0 Å². The van der Waals surface area contributed by atoms with Crippen molar-refractivity contribution in [2.45, 2.75) is 25.0 Å². The minimum Gasteiger partial charge on any atom is -0.508 e. The van der Waals surface area contributed by atoms with E-state index < -0.39 is 0 Å². The molecule has 3 aliphatic heterocycles. The van der Waals surface area contributed by atoms with Crippen molar-refractivity contribution in [3.05, 3.63) is 29.8 Å². The van der Waals surface area contributed by atoms with Gasteiger partial charge in [-0.3, -0.25) is 4.90 Å². The molecule has 1 aromatic carbocycles. The van der Waals surface area contributed by atoms with Crippen LogP contribution in [0.1, 0.15) is 12.0 Å². The standard InChI is InChI=1S/C12H16N2O/c15-12-4-2-1-3-9(12)6-14-7-10-5-11(8-14)13-10/h1-4,10-11,13,15H,5-8H2. The Hall–Kier alpha value is -1.06. The van der Waals surface area contributed by atoms with Gasteiger partial charge in [-0.05, 0) is 12.5 Å². The molecule has 2 N–H and O–H groups in total. The molecule has 0 radical (unpaired) electrons. The van der Waals surface area contributed by atoms with E-state index in [4.69, 9.17) is 0 Å². The maximum Gasteiger partial charge on any atom is 0.120 e. The number of para-hydroxylation sites is 1. The van der Waals surface area contributed by atoms with Crippen LogP contribution in [0.3, 0.4) is 0 Å². The number of phenolic OH excluding ortho intramolecular Hbond substituents is 1. The molecule has 2 bridgehead atoms. The summed E-state index contributed by atoms with van der Waals surface area (Å²) in [6.45, 7) is 3.11. The van der Waals surface area contributed by atoms with Crippen molar-refractivity contribution in [3.63, 3.8) is 0 Å². The van der Waals surface area contributed by atoms with Crippen molar-refractivity contribution in [1.82, 2.24) is 10.2 Å². The van der Waals surface area contributed by atoms with Gasteiger partial charge in [0.25, 0.3) is 0 Å². The van der Waals surface area contributed by atoms with Crippen LogP contribution in [-0.2, 0) is 6.54 Å². The smallest absolute Gasteiger partial charge is 0.120 e. The second kappa shape index (κ2) is 3.51. The summed E-state index contributed by atoms with van der Waals surface area (Å²) in [5.41, 5.74) is 1.04. The van der Waals surface area contributed by atoms with Crippen molar-refractivity contribution >= 4 is 0 Å². The summed E-state index contributed by atoms with van der Waals surface area (Å²) in [5, 5.41) is 13.2. The maximum atomic E-state index is 9.68. The van der Waals surface area contributed by atoms with Crippen LogP contribution in [-0.4, -0.2) is 35.2 Å². The number of piperidine rings is 1. The number of hydrogen-bond acceptors (Lipinski definition) is 3. The normalized spacial score (nSPS) is 29.9. The van der Waals surface area contributed by atoms with Crippen molar-refractivity contribution in [2.24, 2.45) is 0 Å². The Kier molecular flexibility index (Phi) is 2.15. The Bertz CT molecular complexity index is 350. The fraction of sp³-hybridized carbons (Fsp3) is 0.500. The van der Waals surface area contributed by atoms with E-state index >= 15 is 0 Å². The molecule has 0 aromatic heterocycles. The van der Waals surface area contributed by atoms with E-state index in [9.17, 15) is 5.11 Å². The third-order valence-corrected chi connectivity index (χ3v) is 3.38. The Balaban J connectivity index is 1.68. The summed E-state index contributed by atoms with van der Waals surface area (Å²) < 4.78 is 0. The van der Waals surface area contributed by atoms with Gasteiger partial charge in [-0.2, -0.15) is 0 Å². The third-order valence-electron chi connectivity index (χ3n) is 3.38. The van der Waals surface area contributed by atoms with E-state index in [0.29, 0.717) is 17.8 Å². The molecule has 0 spiro atoms.